The molecule has 3 aromatic rings. The van der Waals surface area contributed by atoms with Crippen LogP contribution < -0.4 is 5.32 Å². The highest BCUT2D eigenvalue weighted by molar-refractivity contribution is 8.00. The minimum absolute atomic E-state index is 0.00135. The van der Waals surface area contributed by atoms with Gasteiger partial charge in [-0.25, -0.2) is 9.97 Å². The van der Waals surface area contributed by atoms with Crippen LogP contribution in [-0.2, 0) is 4.79 Å². The van der Waals surface area contributed by atoms with Crippen molar-refractivity contribution in [3.8, 4) is 11.4 Å². The van der Waals surface area contributed by atoms with E-state index in [9.17, 15) is 4.79 Å². The minimum Gasteiger partial charge on any atom is -0.351 e. The summed E-state index contributed by atoms with van der Waals surface area (Å²) in [6, 6.07) is 17.8. The molecule has 25 heavy (non-hydrogen) atoms. The van der Waals surface area contributed by atoms with E-state index in [1.807, 2.05) is 75.4 Å². The molecule has 0 fully saturated rings. The molecule has 4 nitrogen and oxygen atoms in total. The Balaban J connectivity index is 1.92. The number of para-hydroxylation sites is 1. The lowest BCUT2D eigenvalue weighted by molar-refractivity contribution is -0.119. The van der Waals surface area contributed by atoms with Crippen molar-refractivity contribution in [3.05, 3.63) is 54.6 Å². The highest BCUT2D eigenvalue weighted by atomic mass is 32.2. The van der Waals surface area contributed by atoms with Gasteiger partial charge in [0.2, 0.25) is 5.91 Å². The number of nitrogens with zero attached hydrogens (tertiary/aromatic N) is 2. The molecule has 128 valence electrons. The fraction of sp³-hybridized carbons (Fsp3) is 0.250. The maximum atomic E-state index is 12.1. The number of hydrogen-bond acceptors (Lipinski definition) is 4. The van der Waals surface area contributed by atoms with Crippen LogP contribution in [0, 0.1) is 0 Å². The van der Waals surface area contributed by atoms with Crippen molar-refractivity contribution < 1.29 is 4.79 Å². The topological polar surface area (TPSA) is 54.9 Å². The summed E-state index contributed by atoms with van der Waals surface area (Å²) in [7, 11) is 0. The number of thioether (sulfide) groups is 1. The summed E-state index contributed by atoms with van der Waals surface area (Å²) in [5, 5.41) is 4.78. The average Bonchev–Trinajstić information content (AvgIpc) is 2.58. The van der Waals surface area contributed by atoms with E-state index in [1.165, 1.54) is 11.8 Å². The molecular weight excluding hydrogens is 330 g/mol. The Bertz CT molecular complexity index is 888. The smallest absolute Gasteiger partial charge is 0.230 e. The zero-order chi connectivity index (χ0) is 17.9. The standard InChI is InChI=1S/C20H21N3OS/c1-20(2,3)23-17(24)13-25-19-15-11-7-8-12-16(15)21-18(22-19)14-9-5-4-6-10-14/h4-12H,13H2,1-3H3,(H,23,24). The summed E-state index contributed by atoms with van der Waals surface area (Å²) in [6.45, 7) is 5.93. The van der Waals surface area contributed by atoms with Gasteiger partial charge < -0.3 is 5.32 Å². The number of fused-ring (bicyclic) bond motifs is 1. The Labute approximate surface area is 152 Å². The molecule has 3 rings (SSSR count). The predicted octanol–water partition coefficient (Wildman–Crippen LogP) is 4.30. The van der Waals surface area contributed by atoms with Gasteiger partial charge in [-0.2, -0.15) is 0 Å². The summed E-state index contributed by atoms with van der Waals surface area (Å²) in [5.74, 6) is 1.01. The molecule has 0 spiro atoms. The lowest BCUT2D eigenvalue weighted by Crippen LogP contribution is -2.41. The Hall–Kier alpha value is -2.40. The van der Waals surface area contributed by atoms with Crippen LogP contribution in [0.15, 0.2) is 59.6 Å². The lowest BCUT2D eigenvalue weighted by atomic mass is 10.1. The lowest BCUT2D eigenvalue weighted by Gasteiger charge is -2.20. The summed E-state index contributed by atoms with van der Waals surface area (Å²) in [6.07, 6.45) is 0. The Morgan fingerprint density at radius 2 is 1.68 bits per heavy atom. The number of hydrogen-bond donors (Lipinski definition) is 1. The molecule has 0 bridgehead atoms. The number of carbonyl (C=O) groups excluding carboxylic acids is 1. The summed E-state index contributed by atoms with van der Waals surface area (Å²) < 4.78 is 0. The van der Waals surface area contributed by atoms with Gasteiger partial charge in [0.05, 0.1) is 11.3 Å². The van der Waals surface area contributed by atoms with E-state index < -0.39 is 0 Å². The maximum absolute atomic E-state index is 12.1. The molecule has 0 atom stereocenters. The normalized spacial score (nSPS) is 11.5. The van der Waals surface area contributed by atoms with E-state index >= 15 is 0 Å². The van der Waals surface area contributed by atoms with Crippen LogP contribution in [0.3, 0.4) is 0 Å². The Morgan fingerprint density at radius 3 is 2.40 bits per heavy atom. The second-order valence-corrected chi connectivity index (χ2v) is 7.79. The van der Waals surface area contributed by atoms with Gasteiger partial charge in [-0.15, -0.1) is 0 Å². The zero-order valence-corrected chi connectivity index (χ0v) is 15.4. The maximum Gasteiger partial charge on any atom is 0.230 e. The SMILES string of the molecule is CC(C)(C)NC(=O)CSc1nc(-c2ccccc2)nc2ccccc12. The third-order valence-corrected chi connectivity index (χ3v) is 4.45. The van der Waals surface area contributed by atoms with Gasteiger partial charge in [0.15, 0.2) is 5.82 Å². The van der Waals surface area contributed by atoms with E-state index in [0.717, 1.165) is 21.5 Å². The molecule has 1 aromatic heterocycles. The first kappa shape index (κ1) is 17.4. The average molecular weight is 351 g/mol. The van der Waals surface area contributed by atoms with Crippen molar-refractivity contribution in [2.75, 3.05) is 5.75 Å². The second kappa shape index (κ2) is 7.23. The van der Waals surface area contributed by atoms with Gasteiger partial charge in [-0.1, -0.05) is 60.3 Å². The molecule has 5 heteroatoms. The van der Waals surface area contributed by atoms with Crippen LogP contribution in [0.1, 0.15) is 20.8 Å². The van der Waals surface area contributed by atoms with Gasteiger partial charge in [0.1, 0.15) is 5.03 Å². The molecule has 0 aliphatic heterocycles. The number of rotatable bonds is 4. The molecule has 2 aromatic carbocycles. The first-order valence-corrected chi connectivity index (χ1v) is 9.17. The van der Waals surface area contributed by atoms with Crippen LogP contribution in [-0.4, -0.2) is 27.2 Å². The number of carbonyl (C=O) groups is 1. The summed E-state index contributed by atoms with van der Waals surface area (Å²) in [5.41, 5.74) is 1.62. The van der Waals surface area contributed by atoms with Crippen molar-refractivity contribution >= 4 is 28.6 Å². The van der Waals surface area contributed by atoms with Crippen molar-refractivity contribution in [2.45, 2.75) is 31.3 Å². The van der Waals surface area contributed by atoms with Gasteiger partial charge >= 0.3 is 0 Å². The number of amides is 1. The largest absolute Gasteiger partial charge is 0.351 e. The van der Waals surface area contributed by atoms with Crippen molar-refractivity contribution in [1.82, 2.24) is 15.3 Å². The quantitative estimate of drug-likeness (QED) is 0.562. The van der Waals surface area contributed by atoms with Crippen molar-refractivity contribution in [2.24, 2.45) is 0 Å². The van der Waals surface area contributed by atoms with E-state index in [2.05, 4.69) is 10.3 Å². The van der Waals surface area contributed by atoms with Gasteiger partial charge in [-0.3, -0.25) is 4.79 Å². The summed E-state index contributed by atoms with van der Waals surface area (Å²) in [4.78, 5) is 21.5. The fourth-order valence-corrected chi connectivity index (χ4v) is 3.28. The molecular formula is C20H21N3OS. The first-order valence-electron chi connectivity index (χ1n) is 8.18. The number of aromatic nitrogens is 2. The van der Waals surface area contributed by atoms with Crippen LogP contribution in [0.4, 0.5) is 0 Å². The molecule has 0 aliphatic carbocycles. The predicted molar refractivity (Wildman–Crippen MR) is 104 cm³/mol. The van der Waals surface area contributed by atoms with Crippen LogP contribution in [0.5, 0.6) is 0 Å². The van der Waals surface area contributed by atoms with Crippen LogP contribution in [0.25, 0.3) is 22.3 Å². The molecule has 1 amide bonds. The van der Waals surface area contributed by atoms with Crippen molar-refractivity contribution in [3.63, 3.8) is 0 Å². The number of benzene rings is 2. The van der Waals surface area contributed by atoms with Gasteiger partial charge in [0.25, 0.3) is 0 Å². The molecule has 0 saturated heterocycles. The zero-order valence-electron chi connectivity index (χ0n) is 14.6. The van der Waals surface area contributed by atoms with E-state index in [4.69, 9.17) is 4.98 Å². The van der Waals surface area contributed by atoms with Gasteiger partial charge in [-0.05, 0) is 26.8 Å². The van der Waals surface area contributed by atoms with Crippen molar-refractivity contribution in [1.29, 1.82) is 0 Å². The van der Waals surface area contributed by atoms with Crippen LogP contribution >= 0.6 is 11.8 Å². The first-order chi connectivity index (χ1) is 11.9. The fourth-order valence-electron chi connectivity index (χ4n) is 2.46. The second-order valence-electron chi connectivity index (χ2n) is 6.82. The van der Waals surface area contributed by atoms with E-state index in [0.29, 0.717) is 11.6 Å². The molecule has 1 N–H and O–H groups in total. The van der Waals surface area contributed by atoms with E-state index in [1.54, 1.807) is 0 Å². The number of nitrogens with one attached hydrogen (secondary N) is 1. The Morgan fingerprint density at radius 1 is 1.00 bits per heavy atom. The highest BCUT2D eigenvalue weighted by Gasteiger charge is 2.15. The molecule has 0 unspecified atom stereocenters. The third kappa shape index (κ3) is 4.57. The Kier molecular flexibility index (Phi) is 5.04. The van der Waals surface area contributed by atoms with Gasteiger partial charge in [0, 0.05) is 16.5 Å². The van der Waals surface area contributed by atoms with Crippen LogP contribution in [0.2, 0.25) is 0 Å². The molecule has 1 heterocycles. The highest BCUT2D eigenvalue weighted by Crippen LogP contribution is 2.28. The molecule has 0 aliphatic rings. The summed E-state index contributed by atoms with van der Waals surface area (Å²) >= 11 is 1.44. The minimum atomic E-state index is -0.236. The molecule has 0 radical (unpaired) electrons. The molecule has 0 saturated carbocycles. The monoisotopic (exact) mass is 351 g/mol. The third-order valence-electron chi connectivity index (χ3n) is 3.45. The van der Waals surface area contributed by atoms with E-state index in [-0.39, 0.29) is 11.4 Å².